The lowest BCUT2D eigenvalue weighted by molar-refractivity contribution is 0.0634. The molecule has 1 fully saturated rings. The molecule has 0 unspecified atom stereocenters. The Morgan fingerprint density at radius 1 is 1.22 bits per heavy atom. The third kappa shape index (κ3) is 3.39. The van der Waals surface area contributed by atoms with Gasteiger partial charge >= 0.3 is 0 Å². The van der Waals surface area contributed by atoms with Crippen molar-refractivity contribution in [2.24, 2.45) is 5.73 Å². The van der Waals surface area contributed by atoms with E-state index < -0.39 is 0 Å². The van der Waals surface area contributed by atoms with Crippen LogP contribution in [0, 0.1) is 0 Å². The third-order valence-electron chi connectivity index (χ3n) is 4.21. The fourth-order valence-electron chi connectivity index (χ4n) is 2.92. The number of hydrogen-bond donors (Lipinski definition) is 2. The van der Waals surface area contributed by atoms with Crippen LogP contribution in [0.25, 0.3) is 0 Å². The summed E-state index contributed by atoms with van der Waals surface area (Å²) in [5.41, 5.74) is 8.29. The van der Waals surface area contributed by atoms with Gasteiger partial charge in [-0.2, -0.15) is 0 Å². The molecule has 4 nitrogen and oxygen atoms in total. The zero-order valence-electron chi connectivity index (χ0n) is 12.8. The van der Waals surface area contributed by atoms with Crippen molar-refractivity contribution in [2.45, 2.75) is 12.6 Å². The number of rotatable bonds is 3. The van der Waals surface area contributed by atoms with E-state index in [2.05, 4.69) is 5.32 Å². The van der Waals surface area contributed by atoms with E-state index in [9.17, 15) is 4.79 Å². The van der Waals surface area contributed by atoms with Gasteiger partial charge in [0, 0.05) is 36.8 Å². The number of halogens is 1. The molecule has 0 radical (unpaired) electrons. The maximum Gasteiger partial charge on any atom is 0.254 e. The Morgan fingerprint density at radius 2 is 1.96 bits per heavy atom. The summed E-state index contributed by atoms with van der Waals surface area (Å²) in [6, 6.07) is 15.1. The van der Waals surface area contributed by atoms with Gasteiger partial charge in [-0.05, 0) is 29.3 Å². The molecule has 3 N–H and O–H groups in total. The second kappa shape index (κ2) is 7.13. The predicted molar refractivity (Wildman–Crippen MR) is 92.4 cm³/mol. The van der Waals surface area contributed by atoms with E-state index in [1.54, 1.807) is 0 Å². The predicted octanol–water partition coefficient (Wildman–Crippen LogP) is 2.59. The van der Waals surface area contributed by atoms with E-state index in [0.717, 1.165) is 17.7 Å². The molecule has 5 heteroatoms. The van der Waals surface area contributed by atoms with Crippen LogP contribution in [-0.2, 0) is 6.54 Å². The molecule has 1 aliphatic rings. The Bertz CT molecular complexity index is 687. The number of nitrogens with zero attached hydrogens (tertiary/aromatic N) is 1. The van der Waals surface area contributed by atoms with Crippen LogP contribution in [-0.4, -0.2) is 30.4 Å². The third-order valence-corrected chi connectivity index (χ3v) is 4.55. The van der Waals surface area contributed by atoms with Crippen molar-refractivity contribution in [3.63, 3.8) is 0 Å². The molecule has 1 heterocycles. The summed E-state index contributed by atoms with van der Waals surface area (Å²) in [5.74, 6) is 0.0278. The van der Waals surface area contributed by atoms with E-state index in [1.807, 2.05) is 53.4 Å². The van der Waals surface area contributed by atoms with Crippen molar-refractivity contribution in [1.82, 2.24) is 10.2 Å². The summed E-state index contributed by atoms with van der Waals surface area (Å²) in [5, 5.41) is 4.04. The second-order valence-corrected chi connectivity index (χ2v) is 6.05. The molecular weight excluding hydrogens is 310 g/mol. The lowest BCUT2D eigenvalue weighted by Crippen LogP contribution is -2.48. The molecule has 1 atom stereocenters. The Balaban J connectivity index is 1.88. The lowest BCUT2D eigenvalue weighted by Gasteiger charge is -2.37. The minimum Gasteiger partial charge on any atom is -0.329 e. The molecule has 1 saturated heterocycles. The van der Waals surface area contributed by atoms with Gasteiger partial charge in [-0.25, -0.2) is 0 Å². The van der Waals surface area contributed by atoms with Crippen molar-refractivity contribution < 1.29 is 4.79 Å². The maximum atomic E-state index is 12.9. The highest BCUT2D eigenvalue weighted by molar-refractivity contribution is 6.31. The van der Waals surface area contributed by atoms with Gasteiger partial charge in [0.2, 0.25) is 0 Å². The van der Waals surface area contributed by atoms with E-state index >= 15 is 0 Å². The van der Waals surface area contributed by atoms with E-state index in [0.29, 0.717) is 30.2 Å². The van der Waals surface area contributed by atoms with Crippen LogP contribution in [0.2, 0.25) is 5.02 Å². The SMILES string of the molecule is NCc1ccc(C(=O)N2CCNC[C@H]2c2ccccc2Cl)cc1. The van der Waals surface area contributed by atoms with Crippen molar-refractivity contribution in [3.8, 4) is 0 Å². The number of piperazine rings is 1. The molecule has 0 aromatic heterocycles. The Hall–Kier alpha value is -1.88. The van der Waals surface area contributed by atoms with E-state index in [-0.39, 0.29) is 11.9 Å². The number of nitrogens with one attached hydrogen (secondary N) is 1. The van der Waals surface area contributed by atoms with Crippen LogP contribution in [0.15, 0.2) is 48.5 Å². The van der Waals surface area contributed by atoms with Crippen LogP contribution in [0.5, 0.6) is 0 Å². The summed E-state index contributed by atoms with van der Waals surface area (Å²) < 4.78 is 0. The van der Waals surface area contributed by atoms with Gasteiger partial charge in [0.05, 0.1) is 6.04 Å². The fraction of sp³-hybridized carbons (Fsp3) is 0.278. The molecule has 2 aromatic rings. The van der Waals surface area contributed by atoms with Crippen LogP contribution in [0.3, 0.4) is 0 Å². The highest BCUT2D eigenvalue weighted by Gasteiger charge is 2.29. The zero-order valence-corrected chi connectivity index (χ0v) is 13.6. The van der Waals surface area contributed by atoms with Gasteiger partial charge in [-0.3, -0.25) is 4.79 Å². The van der Waals surface area contributed by atoms with Crippen LogP contribution >= 0.6 is 11.6 Å². The topological polar surface area (TPSA) is 58.4 Å². The molecular formula is C18H20ClN3O. The number of carbonyl (C=O) groups is 1. The maximum absolute atomic E-state index is 12.9. The Morgan fingerprint density at radius 3 is 2.65 bits per heavy atom. The average molecular weight is 330 g/mol. The number of benzene rings is 2. The molecule has 0 bridgehead atoms. The summed E-state index contributed by atoms with van der Waals surface area (Å²) in [6.45, 7) is 2.63. The van der Waals surface area contributed by atoms with Gasteiger partial charge in [-0.1, -0.05) is 41.9 Å². The average Bonchev–Trinajstić information content (AvgIpc) is 2.62. The van der Waals surface area contributed by atoms with Crippen molar-refractivity contribution in [3.05, 3.63) is 70.2 Å². The summed E-state index contributed by atoms with van der Waals surface area (Å²) in [6.07, 6.45) is 0. The Labute approximate surface area is 141 Å². The van der Waals surface area contributed by atoms with E-state index in [1.165, 1.54) is 0 Å². The normalized spacial score (nSPS) is 18.0. The first kappa shape index (κ1) is 16.0. The number of carbonyl (C=O) groups excluding carboxylic acids is 1. The molecule has 3 rings (SSSR count). The quantitative estimate of drug-likeness (QED) is 0.910. The van der Waals surface area contributed by atoms with Gasteiger partial charge in [0.15, 0.2) is 0 Å². The molecule has 0 saturated carbocycles. The fourth-order valence-corrected chi connectivity index (χ4v) is 3.18. The lowest BCUT2D eigenvalue weighted by atomic mass is 10.0. The number of nitrogens with two attached hydrogens (primary N) is 1. The summed E-state index contributed by atoms with van der Waals surface area (Å²) >= 11 is 6.33. The van der Waals surface area contributed by atoms with Gasteiger partial charge in [0.1, 0.15) is 0 Å². The summed E-state index contributed by atoms with van der Waals surface area (Å²) in [4.78, 5) is 14.8. The minimum absolute atomic E-state index is 0.0278. The smallest absolute Gasteiger partial charge is 0.254 e. The van der Waals surface area contributed by atoms with Crippen LogP contribution in [0.4, 0.5) is 0 Å². The standard InChI is InChI=1S/C18H20ClN3O/c19-16-4-2-1-3-15(16)17-12-21-9-10-22(17)18(23)14-7-5-13(11-20)6-8-14/h1-8,17,21H,9-12,20H2/t17-/m0/s1. The number of hydrogen-bond acceptors (Lipinski definition) is 3. The van der Waals surface area contributed by atoms with Crippen molar-refractivity contribution >= 4 is 17.5 Å². The first-order valence-corrected chi connectivity index (χ1v) is 8.13. The first-order valence-electron chi connectivity index (χ1n) is 7.76. The molecule has 0 aliphatic carbocycles. The molecule has 23 heavy (non-hydrogen) atoms. The van der Waals surface area contributed by atoms with Gasteiger partial charge in [-0.15, -0.1) is 0 Å². The molecule has 1 amide bonds. The molecule has 2 aromatic carbocycles. The zero-order chi connectivity index (χ0) is 16.2. The van der Waals surface area contributed by atoms with Gasteiger partial charge < -0.3 is 16.0 Å². The highest BCUT2D eigenvalue weighted by Crippen LogP contribution is 2.29. The molecule has 1 aliphatic heterocycles. The molecule has 0 spiro atoms. The van der Waals surface area contributed by atoms with Crippen molar-refractivity contribution in [1.29, 1.82) is 0 Å². The van der Waals surface area contributed by atoms with Gasteiger partial charge in [0.25, 0.3) is 5.91 Å². The van der Waals surface area contributed by atoms with Crippen LogP contribution in [0.1, 0.15) is 27.5 Å². The van der Waals surface area contributed by atoms with Crippen molar-refractivity contribution in [2.75, 3.05) is 19.6 Å². The number of amides is 1. The Kier molecular flexibility index (Phi) is 4.96. The molecule has 120 valence electrons. The largest absolute Gasteiger partial charge is 0.329 e. The summed E-state index contributed by atoms with van der Waals surface area (Å²) in [7, 11) is 0. The minimum atomic E-state index is -0.0564. The van der Waals surface area contributed by atoms with E-state index in [4.69, 9.17) is 17.3 Å². The highest BCUT2D eigenvalue weighted by atomic mass is 35.5. The monoisotopic (exact) mass is 329 g/mol. The second-order valence-electron chi connectivity index (χ2n) is 5.64. The first-order chi connectivity index (χ1) is 11.2. The van der Waals surface area contributed by atoms with Crippen LogP contribution < -0.4 is 11.1 Å².